The van der Waals surface area contributed by atoms with Gasteiger partial charge in [0.05, 0.1) is 0 Å². The Bertz CT molecular complexity index is 235. The van der Waals surface area contributed by atoms with E-state index in [1.807, 2.05) is 16.7 Å². The fraction of sp³-hybridized carbons (Fsp3) is 0.923. The second-order valence-electron chi connectivity index (χ2n) is 5.03. The molecule has 0 spiro atoms. The van der Waals surface area contributed by atoms with Crippen molar-refractivity contribution < 1.29 is 4.79 Å². The van der Waals surface area contributed by atoms with E-state index in [0.717, 1.165) is 37.4 Å². The van der Waals surface area contributed by atoms with Crippen LogP contribution in [0, 0.1) is 5.92 Å². The van der Waals surface area contributed by atoms with Crippen LogP contribution < -0.4 is 5.32 Å². The van der Waals surface area contributed by atoms with Crippen LogP contribution in [-0.2, 0) is 0 Å². The first-order chi connectivity index (χ1) is 8.13. The molecule has 1 rings (SSSR count). The summed E-state index contributed by atoms with van der Waals surface area (Å²) in [5.41, 5.74) is 0. The first kappa shape index (κ1) is 14.7. The van der Waals surface area contributed by atoms with Crippen molar-refractivity contribution in [2.24, 2.45) is 5.92 Å². The molecule has 3 nitrogen and oxygen atoms in total. The maximum absolute atomic E-state index is 12.0. The molecule has 100 valence electrons. The van der Waals surface area contributed by atoms with Gasteiger partial charge < -0.3 is 10.2 Å². The quantitative estimate of drug-likeness (QED) is 0.769. The zero-order chi connectivity index (χ0) is 12.7. The third-order valence-corrected chi connectivity index (χ3v) is 4.15. The number of nitrogens with zero attached hydrogens (tertiary/aromatic N) is 1. The van der Waals surface area contributed by atoms with E-state index >= 15 is 0 Å². The van der Waals surface area contributed by atoms with Crippen LogP contribution in [-0.4, -0.2) is 41.6 Å². The van der Waals surface area contributed by atoms with Gasteiger partial charge in [-0.15, -0.1) is 0 Å². The first-order valence-electron chi connectivity index (χ1n) is 6.76. The van der Waals surface area contributed by atoms with Crippen LogP contribution >= 0.6 is 11.8 Å². The van der Waals surface area contributed by atoms with Crippen LogP contribution in [0.25, 0.3) is 0 Å². The van der Waals surface area contributed by atoms with Gasteiger partial charge in [-0.3, -0.25) is 0 Å². The lowest BCUT2D eigenvalue weighted by molar-refractivity contribution is 0.167. The molecule has 2 unspecified atom stereocenters. The van der Waals surface area contributed by atoms with Gasteiger partial charge in [0.15, 0.2) is 0 Å². The molecule has 1 aliphatic rings. The lowest BCUT2D eigenvalue weighted by atomic mass is 10.0. The highest BCUT2D eigenvalue weighted by molar-refractivity contribution is 7.99. The number of hydrogen-bond acceptors (Lipinski definition) is 2. The maximum Gasteiger partial charge on any atom is 0.317 e. The predicted octanol–water partition coefficient (Wildman–Crippen LogP) is 2.96. The predicted molar refractivity (Wildman–Crippen MR) is 75.6 cm³/mol. The molecule has 4 heteroatoms. The first-order valence-corrected chi connectivity index (χ1v) is 7.92. The van der Waals surface area contributed by atoms with Crippen LogP contribution in [0.3, 0.4) is 0 Å². The number of amides is 2. The Labute approximate surface area is 110 Å². The van der Waals surface area contributed by atoms with Crippen LogP contribution in [0.2, 0.25) is 0 Å². The number of rotatable bonds is 5. The van der Waals surface area contributed by atoms with Gasteiger partial charge in [-0.25, -0.2) is 4.79 Å². The summed E-state index contributed by atoms with van der Waals surface area (Å²) in [6, 6.07) is 0.421. The van der Waals surface area contributed by atoms with Gasteiger partial charge in [-0.05, 0) is 43.6 Å². The molecule has 1 saturated heterocycles. The van der Waals surface area contributed by atoms with Crippen molar-refractivity contribution in [3.63, 3.8) is 0 Å². The van der Waals surface area contributed by atoms with Crippen molar-refractivity contribution in [2.45, 2.75) is 46.1 Å². The molecule has 0 radical (unpaired) electrons. The Balaban J connectivity index is 2.22. The zero-order valence-corrected chi connectivity index (χ0v) is 12.2. The summed E-state index contributed by atoms with van der Waals surface area (Å²) in [5.74, 6) is 2.94. The topological polar surface area (TPSA) is 32.3 Å². The second-order valence-corrected chi connectivity index (χ2v) is 6.42. The molecule has 0 bridgehead atoms. The Morgan fingerprint density at radius 2 is 2.35 bits per heavy atom. The Morgan fingerprint density at radius 1 is 1.59 bits per heavy atom. The van der Waals surface area contributed by atoms with Crippen molar-refractivity contribution >= 4 is 17.8 Å². The zero-order valence-electron chi connectivity index (χ0n) is 11.4. The molecule has 17 heavy (non-hydrogen) atoms. The highest BCUT2D eigenvalue weighted by Gasteiger charge is 2.21. The average Bonchev–Trinajstić information content (AvgIpc) is 2.29. The van der Waals surface area contributed by atoms with E-state index in [0.29, 0.717) is 12.0 Å². The average molecular weight is 258 g/mol. The minimum Gasteiger partial charge on any atom is -0.336 e. The van der Waals surface area contributed by atoms with E-state index in [1.54, 1.807) is 0 Å². The molecule has 0 saturated carbocycles. The van der Waals surface area contributed by atoms with E-state index in [4.69, 9.17) is 0 Å². The Hall–Kier alpha value is -0.380. The molecule has 2 amide bonds. The molecular weight excluding hydrogens is 232 g/mol. The summed E-state index contributed by atoms with van der Waals surface area (Å²) in [4.78, 5) is 14.0. The van der Waals surface area contributed by atoms with Crippen molar-refractivity contribution in [1.82, 2.24) is 10.2 Å². The van der Waals surface area contributed by atoms with Gasteiger partial charge >= 0.3 is 6.03 Å². The van der Waals surface area contributed by atoms with Crippen LogP contribution in [0.4, 0.5) is 4.79 Å². The summed E-state index contributed by atoms with van der Waals surface area (Å²) in [6.45, 7) is 8.33. The van der Waals surface area contributed by atoms with E-state index in [-0.39, 0.29) is 6.03 Å². The molecule has 0 aromatic rings. The molecule has 1 aliphatic heterocycles. The smallest absolute Gasteiger partial charge is 0.317 e. The van der Waals surface area contributed by atoms with Gasteiger partial charge in [-0.1, -0.05) is 13.8 Å². The molecule has 2 atom stereocenters. The minimum atomic E-state index is 0.130. The maximum atomic E-state index is 12.0. The van der Waals surface area contributed by atoms with Gasteiger partial charge in [0.1, 0.15) is 0 Å². The largest absolute Gasteiger partial charge is 0.336 e. The lowest BCUT2D eigenvalue weighted by Gasteiger charge is -2.32. The Morgan fingerprint density at radius 3 is 3.00 bits per heavy atom. The standard InChI is InChI=1S/C13H26N2OS/c1-4-17-9-7-12(3)14-13(16)15-8-5-6-11(2)10-15/h11-12H,4-10H2,1-3H3,(H,14,16). The molecule has 1 N–H and O–H groups in total. The number of carbonyl (C=O) groups is 1. The third kappa shape index (κ3) is 5.66. The fourth-order valence-electron chi connectivity index (χ4n) is 2.15. The van der Waals surface area contributed by atoms with Crippen molar-refractivity contribution in [2.75, 3.05) is 24.6 Å². The normalized spacial score (nSPS) is 22.3. The monoisotopic (exact) mass is 258 g/mol. The van der Waals surface area contributed by atoms with Gasteiger partial charge in [0, 0.05) is 19.1 Å². The van der Waals surface area contributed by atoms with Crippen molar-refractivity contribution in [1.29, 1.82) is 0 Å². The van der Waals surface area contributed by atoms with E-state index in [1.165, 1.54) is 6.42 Å². The third-order valence-electron chi connectivity index (χ3n) is 3.21. The number of nitrogens with one attached hydrogen (secondary N) is 1. The number of likely N-dealkylation sites (tertiary alicyclic amines) is 1. The minimum absolute atomic E-state index is 0.130. The SMILES string of the molecule is CCSCCC(C)NC(=O)N1CCCC(C)C1. The fourth-order valence-corrected chi connectivity index (χ4v) is 2.96. The van der Waals surface area contributed by atoms with Crippen molar-refractivity contribution in [3.8, 4) is 0 Å². The molecular formula is C13H26N2OS. The number of hydrogen-bond donors (Lipinski definition) is 1. The van der Waals surface area contributed by atoms with E-state index in [2.05, 4.69) is 26.1 Å². The molecule has 0 aromatic carbocycles. The van der Waals surface area contributed by atoms with E-state index < -0.39 is 0 Å². The van der Waals surface area contributed by atoms with Crippen molar-refractivity contribution in [3.05, 3.63) is 0 Å². The van der Waals surface area contributed by atoms with Gasteiger partial charge in [0.25, 0.3) is 0 Å². The summed E-state index contributed by atoms with van der Waals surface area (Å²) < 4.78 is 0. The van der Waals surface area contributed by atoms with Crippen LogP contribution in [0.5, 0.6) is 0 Å². The molecule has 1 heterocycles. The summed E-state index contributed by atoms with van der Waals surface area (Å²) in [6.07, 6.45) is 3.47. The van der Waals surface area contributed by atoms with Crippen LogP contribution in [0.1, 0.15) is 40.0 Å². The van der Waals surface area contributed by atoms with Gasteiger partial charge in [-0.2, -0.15) is 11.8 Å². The summed E-state index contributed by atoms with van der Waals surface area (Å²) in [7, 11) is 0. The summed E-state index contributed by atoms with van der Waals surface area (Å²) >= 11 is 1.93. The molecule has 0 aliphatic carbocycles. The van der Waals surface area contributed by atoms with Crippen LogP contribution in [0.15, 0.2) is 0 Å². The highest BCUT2D eigenvalue weighted by Crippen LogP contribution is 2.15. The summed E-state index contributed by atoms with van der Waals surface area (Å²) in [5, 5.41) is 3.10. The number of carbonyl (C=O) groups excluding carboxylic acids is 1. The molecule has 1 fully saturated rings. The van der Waals surface area contributed by atoms with E-state index in [9.17, 15) is 4.79 Å². The Kier molecular flexibility index (Phi) is 6.78. The highest BCUT2D eigenvalue weighted by atomic mass is 32.2. The lowest BCUT2D eigenvalue weighted by Crippen LogP contribution is -2.47. The second kappa shape index (κ2) is 7.85. The number of piperidine rings is 1. The number of urea groups is 1. The molecule has 0 aromatic heterocycles. The number of thioether (sulfide) groups is 1. The van der Waals surface area contributed by atoms with Gasteiger partial charge in [0.2, 0.25) is 0 Å².